The quantitative estimate of drug-likeness (QED) is 0.711. The number of ether oxygens (including phenoxy) is 1. The Bertz CT molecular complexity index is 997. The summed E-state index contributed by atoms with van der Waals surface area (Å²) in [5, 5.41) is 3.58. The molecule has 2 saturated heterocycles. The molecule has 1 unspecified atom stereocenters. The van der Waals surface area contributed by atoms with Crippen molar-refractivity contribution in [2.45, 2.75) is 46.6 Å². The molecule has 172 valence electrons. The average Bonchev–Trinajstić information content (AvgIpc) is 3.31. The number of methoxy groups -OCH3 is 1. The Morgan fingerprint density at radius 1 is 1.28 bits per heavy atom. The van der Waals surface area contributed by atoms with Crippen molar-refractivity contribution in [1.82, 2.24) is 9.88 Å². The van der Waals surface area contributed by atoms with Crippen LogP contribution in [0.5, 0.6) is 5.75 Å². The van der Waals surface area contributed by atoms with Crippen molar-refractivity contribution < 1.29 is 14.3 Å². The van der Waals surface area contributed by atoms with Gasteiger partial charge < -0.3 is 15.0 Å². The number of nitrogens with one attached hydrogen (secondary N) is 1. The number of piperidine rings is 1. The molecule has 1 N–H and O–H groups in total. The second-order valence-electron chi connectivity index (χ2n) is 9.06. The van der Waals surface area contributed by atoms with Crippen molar-refractivity contribution >= 4 is 34.0 Å². The minimum atomic E-state index is -0.413. The van der Waals surface area contributed by atoms with Crippen LogP contribution in [0.15, 0.2) is 18.2 Å². The maximum absolute atomic E-state index is 12.9. The van der Waals surface area contributed by atoms with Gasteiger partial charge in [-0.1, -0.05) is 13.0 Å². The normalized spacial score (nSPS) is 20.1. The fourth-order valence-electron chi connectivity index (χ4n) is 4.39. The molecular weight excluding hydrogens is 424 g/mol. The number of likely N-dealkylation sites (tertiary alicyclic amines) is 1. The van der Waals surface area contributed by atoms with E-state index >= 15 is 0 Å². The van der Waals surface area contributed by atoms with Gasteiger partial charge in [0.2, 0.25) is 11.8 Å². The number of amides is 2. The smallest absolute Gasteiger partial charge is 0.231 e. The van der Waals surface area contributed by atoms with Crippen LogP contribution in [0.2, 0.25) is 0 Å². The summed E-state index contributed by atoms with van der Waals surface area (Å²) in [5.41, 5.74) is 2.73. The summed E-state index contributed by atoms with van der Waals surface area (Å²) in [6, 6.07) is 5.73. The number of benzene rings is 1. The minimum Gasteiger partial charge on any atom is -0.495 e. The molecule has 2 amide bonds. The predicted molar refractivity (Wildman–Crippen MR) is 127 cm³/mol. The van der Waals surface area contributed by atoms with Gasteiger partial charge in [-0.05, 0) is 63.4 Å². The number of anilines is 2. The Morgan fingerprint density at radius 2 is 2.03 bits per heavy atom. The Morgan fingerprint density at radius 3 is 2.75 bits per heavy atom. The van der Waals surface area contributed by atoms with Gasteiger partial charge in [0.1, 0.15) is 5.75 Å². The first-order chi connectivity index (χ1) is 15.3. The highest BCUT2D eigenvalue weighted by Crippen LogP contribution is 2.34. The number of aryl methyl sites for hydroxylation is 2. The van der Waals surface area contributed by atoms with E-state index in [9.17, 15) is 9.59 Å². The van der Waals surface area contributed by atoms with Crippen molar-refractivity contribution in [3.63, 3.8) is 0 Å². The van der Waals surface area contributed by atoms with E-state index < -0.39 is 5.92 Å². The van der Waals surface area contributed by atoms with E-state index in [0.717, 1.165) is 42.5 Å². The molecule has 1 aromatic heterocycles. The summed E-state index contributed by atoms with van der Waals surface area (Å²) in [4.78, 5) is 35.5. The monoisotopic (exact) mass is 456 g/mol. The lowest BCUT2D eigenvalue weighted by Crippen LogP contribution is -2.32. The molecule has 4 rings (SSSR count). The summed E-state index contributed by atoms with van der Waals surface area (Å²) in [5.74, 6) is 0.808. The summed E-state index contributed by atoms with van der Waals surface area (Å²) in [6.07, 6.45) is 2.66. The predicted octanol–water partition coefficient (Wildman–Crippen LogP) is 3.99. The largest absolute Gasteiger partial charge is 0.495 e. The number of hydrogen-bond donors (Lipinski definition) is 1. The Hall–Kier alpha value is -2.45. The molecule has 0 spiro atoms. The van der Waals surface area contributed by atoms with Gasteiger partial charge in [0, 0.05) is 24.4 Å². The molecule has 0 bridgehead atoms. The third kappa shape index (κ3) is 4.96. The fourth-order valence-corrected chi connectivity index (χ4v) is 5.39. The molecule has 7 nitrogen and oxygen atoms in total. The van der Waals surface area contributed by atoms with E-state index in [2.05, 4.69) is 22.1 Å². The van der Waals surface area contributed by atoms with Crippen LogP contribution in [0.25, 0.3) is 0 Å². The van der Waals surface area contributed by atoms with Gasteiger partial charge in [0.15, 0.2) is 5.13 Å². The molecule has 32 heavy (non-hydrogen) atoms. The number of rotatable bonds is 6. The molecule has 0 radical (unpaired) electrons. The standard InChI is InChI=1S/C24H32N4O3S/c1-15-7-9-27(10-8-15)14-21-17(3)25-24(32-21)26-23(30)18-12-22(29)28(13-18)19-11-16(2)5-6-20(19)31-4/h5-6,11,15,18H,7-10,12-14H2,1-4H3,(H,25,26,30). The molecule has 2 aliphatic rings. The molecule has 0 aliphatic carbocycles. The van der Waals surface area contributed by atoms with Gasteiger partial charge in [-0.3, -0.25) is 14.5 Å². The van der Waals surface area contributed by atoms with E-state index in [1.165, 1.54) is 17.7 Å². The molecule has 1 aromatic carbocycles. The summed E-state index contributed by atoms with van der Waals surface area (Å²) in [6.45, 7) is 9.74. The lowest BCUT2D eigenvalue weighted by Gasteiger charge is -2.29. The van der Waals surface area contributed by atoms with Gasteiger partial charge in [0.25, 0.3) is 0 Å². The van der Waals surface area contributed by atoms with Gasteiger partial charge in [-0.25, -0.2) is 4.98 Å². The first kappa shape index (κ1) is 22.7. The molecule has 1 atom stereocenters. The molecule has 3 heterocycles. The summed E-state index contributed by atoms with van der Waals surface area (Å²) < 4.78 is 5.43. The maximum Gasteiger partial charge on any atom is 0.231 e. The number of thiazole rings is 1. The lowest BCUT2D eigenvalue weighted by molar-refractivity contribution is -0.122. The molecule has 0 saturated carbocycles. The van der Waals surface area contributed by atoms with Crippen LogP contribution >= 0.6 is 11.3 Å². The highest BCUT2D eigenvalue weighted by atomic mass is 32.1. The first-order valence-electron chi connectivity index (χ1n) is 11.3. The van der Waals surface area contributed by atoms with Crippen LogP contribution in [0.1, 0.15) is 42.3 Å². The number of aromatic nitrogens is 1. The fraction of sp³-hybridized carbons (Fsp3) is 0.542. The van der Waals surface area contributed by atoms with Crippen LogP contribution in [0.3, 0.4) is 0 Å². The molecular formula is C24H32N4O3S. The van der Waals surface area contributed by atoms with Crippen molar-refractivity contribution in [2.75, 3.05) is 37.0 Å². The van der Waals surface area contributed by atoms with Gasteiger partial charge in [-0.2, -0.15) is 0 Å². The number of hydrogen-bond acceptors (Lipinski definition) is 6. The maximum atomic E-state index is 12.9. The highest BCUT2D eigenvalue weighted by molar-refractivity contribution is 7.15. The number of nitrogens with zero attached hydrogens (tertiary/aromatic N) is 3. The van der Waals surface area contributed by atoms with E-state index in [1.54, 1.807) is 23.3 Å². The molecule has 8 heteroatoms. The van der Waals surface area contributed by atoms with E-state index in [-0.39, 0.29) is 18.2 Å². The zero-order chi connectivity index (χ0) is 22.8. The van der Waals surface area contributed by atoms with Gasteiger partial charge >= 0.3 is 0 Å². The minimum absolute atomic E-state index is 0.0654. The Labute approximate surface area is 193 Å². The lowest BCUT2D eigenvalue weighted by atomic mass is 9.99. The SMILES string of the molecule is COc1ccc(C)cc1N1CC(C(=O)Nc2nc(C)c(CN3CCC(C)CC3)s2)CC1=O. The van der Waals surface area contributed by atoms with Gasteiger partial charge in [-0.15, -0.1) is 11.3 Å². The van der Waals surface area contributed by atoms with Crippen molar-refractivity contribution in [3.05, 3.63) is 34.3 Å². The van der Waals surface area contributed by atoms with Crippen LogP contribution in [-0.4, -0.2) is 48.4 Å². The van der Waals surface area contributed by atoms with E-state index in [1.807, 2.05) is 32.0 Å². The Balaban J connectivity index is 1.40. The van der Waals surface area contributed by atoms with E-state index in [0.29, 0.717) is 17.4 Å². The zero-order valence-corrected chi connectivity index (χ0v) is 20.1. The van der Waals surface area contributed by atoms with Crippen molar-refractivity contribution in [2.24, 2.45) is 11.8 Å². The second-order valence-corrected chi connectivity index (χ2v) is 10.1. The molecule has 2 aliphatic heterocycles. The number of carbonyl (C=O) groups is 2. The molecule has 2 aromatic rings. The molecule has 2 fully saturated rings. The van der Waals surface area contributed by atoms with Gasteiger partial charge in [0.05, 0.1) is 24.4 Å². The average molecular weight is 457 g/mol. The topological polar surface area (TPSA) is 74.8 Å². The third-order valence-electron chi connectivity index (χ3n) is 6.49. The first-order valence-corrected chi connectivity index (χ1v) is 12.1. The van der Waals surface area contributed by atoms with Crippen LogP contribution in [0, 0.1) is 25.7 Å². The highest BCUT2D eigenvalue weighted by Gasteiger charge is 2.36. The zero-order valence-electron chi connectivity index (χ0n) is 19.3. The van der Waals surface area contributed by atoms with Crippen LogP contribution in [-0.2, 0) is 16.1 Å². The van der Waals surface area contributed by atoms with Crippen molar-refractivity contribution in [3.8, 4) is 5.75 Å². The Kier molecular flexibility index (Phi) is 6.81. The summed E-state index contributed by atoms with van der Waals surface area (Å²) >= 11 is 1.54. The number of carbonyl (C=O) groups excluding carboxylic acids is 2. The summed E-state index contributed by atoms with van der Waals surface area (Å²) in [7, 11) is 1.59. The third-order valence-corrected chi connectivity index (χ3v) is 7.54. The van der Waals surface area contributed by atoms with Crippen LogP contribution < -0.4 is 15.0 Å². The van der Waals surface area contributed by atoms with Crippen LogP contribution in [0.4, 0.5) is 10.8 Å². The van der Waals surface area contributed by atoms with E-state index in [4.69, 9.17) is 4.74 Å². The second kappa shape index (κ2) is 9.58. The van der Waals surface area contributed by atoms with Crippen molar-refractivity contribution in [1.29, 1.82) is 0 Å².